The molecule has 0 bridgehead atoms. The molecule has 1 atom stereocenters. The van der Waals surface area contributed by atoms with Crippen LogP contribution in [0.3, 0.4) is 0 Å². The highest BCUT2D eigenvalue weighted by Gasteiger charge is 2.23. The van der Waals surface area contributed by atoms with Crippen LogP contribution < -0.4 is 15.0 Å². The summed E-state index contributed by atoms with van der Waals surface area (Å²) in [7, 11) is 1.62. The Morgan fingerprint density at radius 2 is 1.97 bits per heavy atom. The third-order valence-electron chi connectivity index (χ3n) is 6.12. The summed E-state index contributed by atoms with van der Waals surface area (Å²) < 4.78 is 11.6. The van der Waals surface area contributed by atoms with E-state index in [2.05, 4.69) is 43.1 Å². The van der Waals surface area contributed by atoms with Crippen molar-refractivity contribution in [3.63, 3.8) is 0 Å². The summed E-state index contributed by atoms with van der Waals surface area (Å²) in [4.78, 5) is 22.9. The number of hydrogen-bond acceptors (Lipinski definition) is 5. The summed E-state index contributed by atoms with van der Waals surface area (Å²) in [6, 6.07) is 13.9. The minimum Gasteiger partial charge on any atom is -0.493 e. The van der Waals surface area contributed by atoms with Crippen molar-refractivity contribution in [1.82, 2.24) is 9.97 Å². The van der Waals surface area contributed by atoms with E-state index in [1.54, 1.807) is 18.4 Å². The fraction of sp³-hybridized carbons (Fsp3) is 0.308. The second-order valence-corrected chi connectivity index (χ2v) is 9.67. The van der Waals surface area contributed by atoms with Crippen molar-refractivity contribution >= 4 is 21.6 Å². The van der Waals surface area contributed by atoms with Crippen LogP contribution in [0.2, 0.25) is 0 Å². The first-order valence-electron chi connectivity index (χ1n) is 10.9. The Labute approximate surface area is 191 Å². The normalized spacial score (nSPS) is 15.5. The molecule has 2 aromatic heterocycles. The molecule has 164 valence electrons. The predicted molar refractivity (Wildman–Crippen MR) is 129 cm³/mol. The van der Waals surface area contributed by atoms with Crippen molar-refractivity contribution < 1.29 is 9.47 Å². The van der Waals surface area contributed by atoms with E-state index in [0.717, 1.165) is 40.6 Å². The molecule has 1 N–H and O–H groups in total. The molecule has 5 rings (SSSR count). The first-order valence-corrected chi connectivity index (χ1v) is 11.7. The Morgan fingerprint density at radius 1 is 1.16 bits per heavy atom. The standard InChI is InChI=1S/C26H26N2O3S/c1-15-4-7-17(8-5-15)14-31-20-11-9-18(13-21(20)30-3)24-27-25(29)23-19-10-6-16(2)12-22(19)32-26(23)28-24/h4-5,7-9,11,13,16H,6,10,12,14H2,1-3H3,(H,27,28,29)/t16-/m0/s1. The first kappa shape index (κ1) is 20.8. The summed E-state index contributed by atoms with van der Waals surface area (Å²) >= 11 is 1.66. The van der Waals surface area contributed by atoms with Crippen LogP contribution in [0.15, 0.2) is 47.3 Å². The van der Waals surface area contributed by atoms with Gasteiger partial charge in [-0.2, -0.15) is 0 Å². The minimum atomic E-state index is -0.0595. The molecular weight excluding hydrogens is 420 g/mol. The second kappa shape index (κ2) is 8.43. The lowest BCUT2D eigenvalue weighted by Crippen LogP contribution is -2.13. The number of fused-ring (bicyclic) bond motifs is 3. The molecule has 1 aliphatic carbocycles. The van der Waals surface area contributed by atoms with Gasteiger partial charge in [-0.05, 0) is 61.4 Å². The number of H-pyrrole nitrogens is 1. The van der Waals surface area contributed by atoms with E-state index in [1.165, 1.54) is 16.0 Å². The van der Waals surface area contributed by atoms with Crippen LogP contribution in [-0.4, -0.2) is 17.1 Å². The first-order chi connectivity index (χ1) is 15.5. The number of nitrogens with one attached hydrogen (secondary N) is 1. The molecule has 0 fully saturated rings. The van der Waals surface area contributed by atoms with E-state index < -0.39 is 0 Å². The molecule has 0 unspecified atom stereocenters. The van der Waals surface area contributed by atoms with Crippen LogP contribution in [0, 0.1) is 12.8 Å². The molecule has 0 aliphatic heterocycles. The van der Waals surface area contributed by atoms with Gasteiger partial charge in [0.1, 0.15) is 17.3 Å². The lowest BCUT2D eigenvalue weighted by molar-refractivity contribution is 0.284. The third-order valence-corrected chi connectivity index (χ3v) is 7.27. The molecule has 0 saturated heterocycles. The van der Waals surface area contributed by atoms with Crippen molar-refractivity contribution in [3.8, 4) is 22.9 Å². The maximum atomic E-state index is 12.9. The number of benzene rings is 2. The zero-order chi connectivity index (χ0) is 22.2. The van der Waals surface area contributed by atoms with Gasteiger partial charge in [-0.25, -0.2) is 4.98 Å². The molecular formula is C26H26N2O3S. The summed E-state index contributed by atoms with van der Waals surface area (Å²) in [6.07, 6.45) is 3.12. The topological polar surface area (TPSA) is 64.2 Å². The summed E-state index contributed by atoms with van der Waals surface area (Å²) in [6.45, 7) is 4.79. The molecule has 1 aliphatic rings. The Kier molecular flexibility index (Phi) is 5.47. The van der Waals surface area contributed by atoms with Crippen molar-refractivity contribution in [3.05, 3.63) is 74.4 Å². The highest BCUT2D eigenvalue weighted by molar-refractivity contribution is 7.18. The molecule has 6 heteroatoms. The number of ether oxygens (including phenoxy) is 2. The van der Waals surface area contributed by atoms with E-state index >= 15 is 0 Å². The van der Waals surface area contributed by atoms with E-state index in [1.807, 2.05) is 18.2 Å². The number of hydrogen-bond donors (Lipinski definition) is 1. The summed E-state index contributed by atoms with van der Waals surface area (Å²) in [5, 5.41) is 0.769. The van der Waals surface area contributed by atoms with E-state index in [4.69, 9.17) is 14.5 Å². The summed E-state index contributed by atoms with van der Waals surface area (Å²) in [5.74, 6) is 2.47. The van der Waals surface area contributed by atoms with E-state index in [9.17, 15) is 4.79 Å². The molecule has 4 aromatic rings. The number of thiophene rings is 1. The van der Waals surface area contributed by atoms with Gasteiger partial charge in [-0.1, -0.05) is 36.8 Å². The number of nitrogens with zero attached hydrogens (tertiary/aromatic N) is 1. The number of aromatic amines is 1. The molecule has 2 aromatic carbocycles. The highest BCUT2D eigenvalue weighted by atomic mass is 32.1. The van der Waals surface area contributed by atoms with Crippen LogP contribution in [0.25, 0.3) is 21.6 Å². The fourth-order valence-corrected chi connectivity index (χ4v) is 5.65. The number of aryl methyl sites for hydroxylation is 2. The quantitative estimate of drug-likeness (QED) is 0.429. The van der Waals surface area contributed by atoms with Crippen LogP contribution in [-0.2, 0) is 19.4 Å². The highest BCUT2D eigenvalue weighted by Crippen LogP contribution is 2.37. The van der Waals surface area contributed by atoms with Crippen LogP contribution in [0.4, 0.5) is 0 Å². The van der Waals surface area contributed by atoms with Crippen LogP contribution in [0.1, 0.15) is 34.9 Å². The average molecular weight is 447 g/mol. The smallest absolute Gasteiger partial charge is 0.260 e. The molecule has 0 radical (unpaired) electrons. The third kappa shape index (κ3) is 3.91. The SMILES string of the molecule is COc1cc(-c2nc3sc4c(c3c(=O)[nH]2)CC[C@H](C)C4)ccc1OCc1ccc(C)cc1. The Morgan fingerprint density at radius 3 is 2.75 bits per heavy atom. The molecule has 0 amide bonds. The predicted octanol–water partition coefficient (Wildman–Crippen LogP) is 5.67. The van der Waals surface area contributed by atoms with Crippen LogP contribution >= 0.6 is 11.3 Å². The van der Waals surface area contributed by atoms with Crippen molar-refractivity contribution in [2.45, 2.75) is 39.7 Å². The van der Waals surface area contributed by atoms with Gasteiger partial charge in [0.25, 0.3) is 5.56 Å². The second-order valence-electron chi connectivity index (χ2n) is 8.59. The van der Waals surface area contributed by atoms with Crippen LogP contribution in [0.5, 0.6) is 11.5 Å². The summed E-state index contributed by atoms with van der Waals surface area (Å²) in [5.41, 5.74) is 4.24. The Bertz CT molecular complexity index is 1340. The van der Waals surface area contributed by atoms with Crippen molar-refractivity contribution in [2.24, 2.45) is 5.92 Å². The number of rotatable bonds is 5. The largest absolute Gasteiger partial charge is 0.493 e. The molecule has 5 nitrogen and oxygen atoms in total. The van der Waals surface area contributed by atoms with E-state index in [0.29, 0.717) is 29.8 Å². The van der Waals surface area contributed by atoms with Gasteiger partial charge in [0, 0.05) is 10.4 Å². The molecule has 0 spiro atoms. The zero-order valence-corrected chi connectivity index (χ0v) is 19.3. The monoisotopic (exact) mass is 446 g/mol. The minimum absolute atomic E-state index is 0.0595. The molecule has 0 saturated carbocycles. The van der Waals surface area contributed by atoms with E-state index in [-0.39, 0.29) is 5.56 Å². The Balaban J connectivity index is 1.45. The average Bonchev–Trinajstić information content (AvgIpc) is 3.16. The maximum Gasteiger partial charge on any atom is 0.260 e. The van der Waals surface area contributed by atoms with Gasteiger partial charge in [-0.3, -0.25) is 4.79 Å². The van der Waals surface area contributed by atoms with Gasteiger partial charge in [0.05, 0.1) is 12.5 Å². The van der Waals surface area contributed by atoms with Gasteiger partial charge < -0.3 is 14.5 Å². The fourth-order valence-electron chi connectivity index (χ4n) is 4.27. The lowest BCUT2D eigenvalue weighted by Gasteiger charge is -2.17. The van der Waals surface area contributed by atoms with Crippen molar-refractivity contribution in [2.75, 3.05) is 7.11 Å². The lowest BCUT2D eigenvalue weighted by atomic mass is 9.89. The number of aromatic nitrogens is 2. The van der Waals surface area contributed by atoms with Crippen molar-refractivity contribution in [1.29, 1.82) is 0 Å². The van der Waals surface area contributed by atoms with Gasteiger partial charge in [-0.15, -0.1) is 11.3 Å². The molecule has 2 heterocycles. The zero-order valence-electron chi connectivity index (χ0n) is 18.5. The van der Waals surface area contributed by atoms with Gasteiger partial charge in [0.15, 0.2) is 11.5 Å². The number of methoxy groups -OCH3 is 1. The Hall–Kier alpha value is -3.12. The molecule has 32 heavy (non-hydrogen) atoms. The van der Waals surface area contributed by atoms with Gasteiger partial charge in [0.2, 0.25) is 0 Å². The van der Waals surface area contributed by atoms with Gasteiger partial charge >= 0.3 is 0 Å². The maximum absolute atomic E-state index is 12.9.